The van der Waals surface area contributed by atoms with Crippen LogP contribution < -0.4 is 15.3 Å². The summed E-state index contributed by atoms with van der Waals surface area (Å²) < 4.78 is 23.2. The normalized spacial score (nSPS) is 19.4. The van der Waals surface area contributed by atoms with E-state index in [1.807, 2.05) is 41.9 Å². The van der Waals surface area contributed by atoms with E-state index in [2.05, 4.69) is 21.8 Å². The molecule has 0 amide bonds. The minimum Gasteiger partial charge on any atom is -0.496 e. The van der Waals surface area contributed by atoms with Gasteiger partial charge in [0.25, 0.3) is 0 Å². The number of rotatable bonds is 9. The molecule has 51 heavy (non-hydrogen) atoms. The second kappa shape index (κ2) is 14.3. The van der Waals surface area contributed by atoms with Crippen LogP contribution in [0.1, 0.15) is 31.2 Å². The minimum atomic E-state index is -0.220. The van der Waals surface area contributed by atoms with E-state index in [1.165, 1.54) is 0 Å². The number of aromatic nitrogens is 7. The molecule has 3 aliphatic heterocycles. The van der Waals surface area contributed by atoms with Crippen molar-refractivity contribution in [1.82, 2.24) is 43.8 Å². The molecular weight excluding hydrogens is 652 g/mol. The van der Waals surface area contributed by atoms with Crippen LogP contribution in [0.2, 0.25) is 0 Å². The zero-order chi connectivity index (χ0) is 35.1. The predicted octanol–water partition coefficient (Wildman–Crippen LogP) is 3.24. The fourth-order valence-corrected chi connectivity index (χ4v) is 7.46. The summed E-state index contributed by atoms with van der Waals surface area (Å²) in [6, 6.07) is 5.87. The second-order valence-electron chi connectivity index (χ2n) is 13.5. The first-order valence-electron chi connectivity index (χ1n) is 17.9. The Bertz CT molecular complexity index is 2090. The Morgan fingerprint density at radius 1 is 0.961 bits per heavy atom. The molecule has 8 heterocycles. The number of hydrogen-bond donors (Lipinski definition) is 0. The summed E-state index contributed by atoms with van der Waals surface area (Å²) in [5, 5.41) is 8.15. The molecule has 15 heteroatoms. The van der Waals surface area contributed by atoms with E-state index in [-0.39, 0.29) is 11.9 Å². The fraction of sp³-hybridized carbons (Fsp3) is 0.528. The summed E-state index contributed by atoms with van der Waals surface area (Å²) in [4.78, 5) is 39.4. The maximum absolute atomic E-state index is 13.9. The third-order valence-corrected chi connectivity index (χ3v) is 10.3. The highest BCUT2D eigenvalue weighted by Crippen LogP contribution is 2.39. The van der Waals surface area contributed by atoms with Crippen LogP contribution >= 0.6 is 0 Å². The molecule has 1 unspecified atom stereocenters. The van der Waals surface area contributed by atoms with Crippen molar-refractivity contribution >= 4 is 27.8 Å². The highest BCUT2D eigenvalue weighted by Gasteiger charge is 2.28. The number of fused-ring (bicyclic) bond motifs is 2. The molecule has 3 saturated heterocycles. The van der Waals surface area contributed by atoms with E-state index in [0.717, 1.165) is 90.1 Å². The molecule has 0 saturated carbocycles. The molecule has 3 aliphatic rings. The average Bonchev–Trinajstić information content (AvgIpc) is 3.67. The summed E-state index contributed by atoms with van der Waals surface area (Å²) in [6.45, 7) is 9.51. The standard InChI is InChI=1S/C36H46N10O5/c1-24-33-25(21-27(38-24)26-23-37-9-8-30(26)48-4)32(40-46(33)31-7-5-6-17-50-31)28-22-29-34(35(39-28)43-14-18-49-19-15-43)45(36(47)42(29)3)16-20-51-44-12-10-41(2)11-13-44/h8-9,21-23,31H,5-7,10-20H2,1-4H3. The van der Waals surface area contributed by atoms with Crippen molar-refractivity contribution in [3.63, 3.8) is 0 Å². The van der Waals surface area contributed by atoms with E-state index in [9.17, 15) is 4.79 Å². The number of hydrogen-bond acceptors (Lipinski definition) is 12. The number of anilines is 1. The third-order valence-electron chi connectivity index (χ3n) is 10.3. The van der Waals surface area contributed by atoms with Crippen molar-refractivity contribution in [3.05, 3.63) is 46.8 Å². The lowest BCUT2D eigenvalue weighted by atomic mass is 10.1. The highest BCUT2D eigenvalue weighted by atomic mass is 16.7. The van der Waals surface area contributed by atoms with Gasteiger partial charge in [0.1, 0.15) is 17.0 Å². The van der Waals surface area contributed by atoms with E-state index in [4.69, 9.17) is 34.1 Å². The number of pyridine rings is 3. The average molecular weight is 699 g/mol. The fourth-order valence-electron chi connectivity index (χ4n) is 7.46. The van der Waals surface area contributed by atoms with Crippen LogP contribution in [0.25, 0.3) is 44.6 Å². The molecule has 0 radical (unpaired) electrons. The van der Waals surface area contributed by atoms with Crippen LogP contribution in [0.4, 0.5) is 5.82 Å². The molecular formula is C36H46N10O5. The number of likely N-dealkylation sites (N-methyl/N-ethyl adjacent to an activating group) is 1. The monoisotopic (exact) mass is 698 g/mol. The quantitative estimate of drug-likeness (QED) is 0.224. The second-order valence-corrected chi connectivity index (χ2v) is 13.5. The van der Waals surface area contributed by atoms with Crippen molar-refractivity contribution in [2.75, 3.05) is 84.8 Å². The van der Waals surface area contributed by atoms with Crippen LogP contribution in [0.5, 0.6) is 5.75 Å². The van der Waals surface area contributed by atoms with Crippen molar-refractivity contribution < 1.29 is 19.0 Å². The smallest absolute Gasteiger partial charge is 0.329 e. The van der Waals surface area contributed by atoms with E-state index >= 15 is 0 Å². The van der Waals surface area contributed by atoms with Crippen LogP contribution in [0, 0.1) is 6.92 Å². The molecule has 1 atom stereocenters. The Kier molecular flexibility index (Phi) is 9.46. The number of methoxy groups -OCH3 is 1. The molecule has 0 aliphatic carbocycles. The van der Waals surface area contributed by atoms with Gasteiger partial charge < -0.3 is 24.0 Å². The van der Waals surface area contributed by atoms with Crippen LogP contribution in [-0.4, -0.2) is 124 Å². The van der Waals surface area contributed by atoms with Crippen molar-refractivity contribution in [2.45, 2.75) is 39.0 Å². The lowest BCUT2D eigenvalue weighted by Gasteiger charge is -2.31. The summed E-state index contributed by atoms with van der Waals surface area (Å²) in [7, 11) is 5.59. The Morgan fingerprint density at radius 2 is 1.78 bits per heavy atom. The molecule has 8 rings (SSSR count). The van der Waals surface area contributed by atoms with Gasteiger partial charge in [0.2, 0.25) is 0 Å². The minimum absolute atomic E-state index is 0.113. The Labute approximate surface area is 296 Å². The van der Waals surface area contributed by atoms with E-state index < -0.39 is 0 Å². The lowest BCUT2D eigenvalue weighted by Crippen LogP contribution is -2.44. The van der Waals surface area contributed by atoms with Gasteiger partial charge in [0.15, 0.2) is 12.0 Å². The van der Waals surface area contributed by atoms with Gasteiger partial charge in [-0.15, -0.1) is 0 Å². The van der Waals surface area contributed by atoms with Gasteiger partial charge in [0, 0.05) is 70.7 Å². The molecule has 5 aromatic heterocycles. The van der Waals surface area contributed by atoms with Gasteiger partial charge in [-0.25, -0.2) is 14.5 Å². The van der Waals surface area contributed by atoms with Crippen LogP contribution in [-0.2, 0) is 27.9 Å². The molecule has 3 fully saturated rings. The lowest BCUT2D eigenvalue weighted by molar-refractivity contribution is -0.176. The predicted molar refractivity (Wildman–Crippen MR) is 193 cm³/mol. The number of aryl methyl sites for hydroxylation is 2. The summed E-state index contributed by atoms with van der Waals surface area (Å²) in [6.07, 6.45) is 6.19. The van der Waals surface area contributed by atoms with Crippen molar-refractivity contribution in [2.24, 2.45) is 7.05 Å². The maximum atomic E-state index is 13.9. The van der Waals surface area contributed by atoms with Gasteiger partial charge in [0.05, 0.1) is 67.2 Å². The van der Waals surface area contributed by atoms with Gasteiger partial charge in [-0.05, 0) is 51.4 Å². The van der Waals surface area contributed by atoms with Crippen LogP contribution in [0.15, 0.2) is 35.4 Å². The summed E-state index contributed by atoms with van der Waals surface area (Å²) in [5.74, 6) is 1.42. The van der Waals surface area contributed by atoms with Gasteiger partial charge >= 0.3 is 5.69 Å². The zero-order valence-corrected chi connectivity index (χ0v) is 29.9. The number of nitrogens with zero attached hydrogens (tertiary/aromatic N) is 10. The van der Waals surface area contributed by atoms with Gasteiger partial charge in [-0.1, -0.05) is 0 Å². The molecule has 270 valence electrons. The molecule has 0 N–H and O–H groups in total. The SMILES string of the molecule is COc1ccncc1-c1cc2c(-c3cc4c(c(N5CCOCC5)n3)n(CCON3CCN(C)CC3)c(=O)n4C)nn(C3CCCCO3)c2c(C)n1. The highest BCUT2D eigenvalue weighted by molar-refractivity contribution is 5.99. The summed E-state index contributed by atoms with van der Waals surface area (Å²) in [5.41, 5.74) is 6.04. The van der Waals surface area contributed by atoms with E-state index in [0.29, 0.717) is 63.2 Å². The first-order valence-corrected chi connectivity index (χ1v) is 17.9. The number of ether oxygens (including phenoxy) is 3. The third kappa shape index (κ3) is 6.37. The number of piperazine rings is 1. The topological polar surface area (TPSA) is 130 Å². The molecule has 15 nitrogen and oxygen atoms in total. The molecule has 0 aromatic carbocycles. The maximum Gasteiger partial charge on any atom is 0.329 e. The van der Waals surface area contributed by atoms with E-state index in [1.54, 1.807) is 28.6 Å². The first kappa shape index (κ1) is 33.7. The molecule has 5 aromatic rings. The number of imidazole rings is 1. The van der Waals surface area contributed by atoms with Gasteiger partial charge in [-0.3, -0.25) is 23.9 Å². The summed E-state index contributed by atoms with van der Waals surface area (Å²) >= 11 is 0. The van der Waals surface area contributed by atoms with Crippen LogP contribution in [0.3, 0.4) is 0 Å². The largest absolute Gasteiger partial charge is 0.496 e. The first-order chi connectivity index (χ1) is 24.9. The van der Waals surface area contributed by atoms with Crippen molar-refractivity contribution in [3.8, 4) is 28.4 Å². The zero-order valence-electron chi connectivity index (χ0n) is 29.9. The Hall–Kier alpha value is -4.41. The Morgan fingerprint density at radius 3 is 2.55 bits per heavy atom. The number of hydroxylamine groups is 2. The van der Waals surface area contributed by atoms with Crippen molar-refractivity contribution in [1.29, 1.82) is 0 Å². The Balaban J connectivity index is 1.28. The molecule has 0 spiro atoms. The molecule has 0 bridgehead atoms. The number of morpholine rings is 1. The van der Waals surface area contributed by atoms with Gasteiger partial charge in [-0.2, -0.15) is 10.2 Å².